The Morgan fingerprint density at radius 3 is 2.17 bits per heavy atom. The largest absolute Gasteiger partial charge is 0.478 e. The summed E-state index contributed by atoms with van der Waals surface area (Å²) in [4.78, 5) is 10.9. The Kier molecular flexibility index (Phi) is 2.20. The number of carboxylic acid groups (broad SMARTS) is 1. The van der Waals surface area contributed by atoms with E-state index in [0.29, 0.717) is 5.56 Å². The van der Waals surface area contributed by atoms with Gasteiger partial charge in [-0.1, -0.05) is 24.3 Å². The van der Waals surface area contributed by atoms with Crippen LogP contribution in [-0.4, -0.2) is 11.1 Å². The minimum atomic E-state index is -0.908. The van der Waals surface area contributed by atoms with Gasteiger partial charge < -0.3 is 10.8 Å². The van der Waals surface area contributed by atoms with Gasteiger partial charge in [-0.3, -0.25) is 0 Å². The second kappa shape index (κ2) is 3.74. The van der Waals surface area contributed by atoms with E-state index in [1.807, 2.05) is 36.4 Å². The Morgan fingerprint density at radius 1 is 0.889 bits per heavy atom. The lowest BCUT2D eigenvalue weighted by molar-refractivity contribution is 0.0697. The average Bonchev–Trinajstić information content (AvgIpc) is 2.37. The molecule has 3 N–H and O–H groups in total. The Labute approximate surface area is 103 Å². The van der Waals surface area contributed by atoms with Crippen LogP contribution in [0.25, 0.3) is 21.5 Å². The molecule has 0 fully saturated rings. The van der Waals surface area contributed by atoms with E-state index in [2.05, 4.69) is 0 Å². The van der Waals surface area contributed by atoms with Crippen molar-refractivity contribution < 1.29 is 9.90 Å². The van der Waals surface area contributed by atoms with Gasteiger partial charge >= 0.3 is 5.97 Å². The van der Waals surface area contributed by atoms with Crippen LogP contribution in [-0.2, 0) is 0 Å². The van der Waals surface area contributed by atoms with Crippen LogP contribution in [0.3, 0.4) is 0 Å². The fourth-order valence-electron chi connectivity index (χ4n) is 2.22. The summed E-state index contributed by atoms with van der Waals surface area (Å²) in [5, 5.41) is 13.1. The molecule has 3 aromatic carbocycles. The summed E-state index contributed by atoms with van der Waals surface area (Å²) in [7, 11) is 0. The lowest BCUT2D eigenvalue weighted by Gasteiger charge is -2.05. The maximum Gasteiger partial charge on any atom is 0.335 e. The number of hydrogen-bond acceptors (Lipinski definition) is 2. The van der Waals surface area contributed by atoms with Gasteiger partial charge in [0.05, 0.1) is 5.56 Å². The highest BCUT2D eigenvalue weighted by Crippen LogP contribution is 2.27. The van der Waals surface area contributed by atoms with Crippen molar-refractivity contribution in [1.29, 1.82) is 0 Å². The van der Waals surface area contributed by atoms with Crippen molar-refractivity contribution in [2.24, 2.45) is 0 Å². The van der Waals surface area contributed by atoms with E-state index in [1.54, 1.807) is 12.1 Å². The number of aromatic carboxylic acids is 1. The molecule has 0 aliphatic carbocycles. The van der Waals surface area contributed by atoms with Crippen LogP contribution < -0.4 is 5.73 Å². The Morgan fingerprint density at radius 2 is 1.50 bits per heavy atom. The van der Waals surface area contributed by atoms with Crippen LogP contribution >= 0.6 is 0 Å². The molecule has 88 valence electrons. The van der Waals surface area contributed by atoms with Crippen molar-refractivity contribution in [2.45, 2.75) is 0 Å². The van der Waals surface area contributed by atoms with Gasteiger partial charge in [0.2, 0.25) is 0 Å². The molecule has 0 heterocycles. The van der Waals surface area contributed by atoms with Gasteiger partial charge in [-0.25, -0.2) is 4.79 Å². The fraction of sp³-hybridized carbons (Fsp3) is 0. The van der Waals surface area contributed by atoms with Gasteiger partial charge in [0, 0.05) is 5.69 Å². The number of carbonyl (C=O) groups is 1. The molecule has 0 radical (unpaired) electrons. The molecule has 0 aromatic heterocycles. The summed E-state index contributed by atoms with van der Waals surface area (Å²) in [6.07, 6.45) is 0. The topological polar surface area (TPSA) is 63.3 Å². The summed E-state index contributed by atoms with van der Waals surface area (Å²) < 4.78 is 0. The zero-order valence-electron chi connectivity index (χ0n) is 9.55. The van der Waals surface area contributed by atoms with Gasteiger partial charge in [-0.2, -0.15) is 0 Å². The van der Waals surface area contributed by atoms with Crippen LogP contribution in [0, 0.1) is 0 Å². The monoisotopic (exact) mass is 237 g/mol. The number of nitrogen functional groups attached to an aromatic ring is 1. The number of anilines is 1. The van der Waals surface area contributed by atoms with Crippen LogP contribution in [0.2, 0.25) is 0 Å². The highest BCUT2D eigenvalue weighted by molar-refractivity contribution is 6.09. The first-order chi connectivity index (χ1) is 8.65. The summed E-state index contributed by atoms with van der Waals surface area (Å²) in [5.74, 6) is -0.908. The highest BCUT2D eigenvalue weighted by Gasteiger charge is 2.05. The number of fused-ring (bicyclic) bond motifs is 3. The molecule has 0 amide bonds. The lowest BCUT2D eigenvalue weighted by Crippen LogP contribution is -1.95. The maximum absolute atomic E-state index is 10.9. The van der Waals surface area contributed by atoms with E-state index in [0.717, 1.165) is 27.2 Å². The van der Waals surface area contributed by atoms with E-state index in [1.165, 1.54) is 0 Å². The Bertz CT molecular complexity index is 778. The molecule has 18 heavy (non-hydrogen) atoms. The smallest absolute Gasteiger partial charge is 0.335 e. The predicted molar refractivity (Wildman–Crippen MR) is 72.8 cm³/mol. The van der Waals surface area contributed by atoms with Crippen molar-refractivity contribution in [2.75, 3.05) is 5.73 Å². The number of nitrogens with two attached hydrogens (primary N) is 1. The third-order valence-corrected chi connectivity index (χ3v) is 3.11. The number of benzene rings is 3. The van der Waals surface area contributed by atoms with Gasteiger partial charge in [0.15, 0.2) is 0 Å². The number of carboxylic acids is 1. The van der Waals surface area contributed by atoms with E-state index in [-0.39, 0.29) is 0 Å². The molecule has 0 aliphatic rings. The lowest BCUT2D eigenvalue weighted by atomic mass is 10.00. The Balaban J connectivity index is 2.38. The van der Waals surface area contributed by atoms with Crippen molar-refractivity contribution in [3.63, 3.8) is 0 Å². The third kappa shape index (κ3) is 1.57. The Hall–Kier alpha value is -2.55. The van der Waals surface area contributed by atoms with Crippen molar-refractivity contribution in [1.82, 2.24) is 0 Å². The SMILES string of the molecule is Nc1ccc2c(ccc3cc(C(=O)O)ccc32)c1. The molecule has 0 saturated heterocycles. The fourth-order valence-corrected chi connectivity index (χ4v) is 2.22. The minimum absolute atomic E-state index is 0.303. The van der Waals surface area contributed by atoms with Crippen LogP contribution in [0.15, 0.2) is 48.5 Å². The molecule has 0 atom stereocenters. The van der Waals surface area contributed by atoms with Crippen LogP contribution in [0.4, 0.5) is 5.69 Å². The second-order valence-corrected chi connectivity index (χ2v) is 4.29. The molecular weight excluding hydrogens is 226 g/mol. The molecule has 0 unspecified atom stereocenters. The molecular formula is C15H11NO2. The first-order valence-corrected chi connectivity index (χ1v) is 5.60. The molecule has 0 spiro atoms. The second-order valence-electron chi connectivity index (χ2n) is 4.29. The van der Waals surface area contributed by atoms with Crippen LogP contribution in [0.1, 0.15) is 10.4 Å². The zero-order chi connectivity index (χ0) is 12.7. The summed E-state index contributed by atoms with van der Waals surface area (Å²) in [5.41, 5.74) is 6.78. The van der Waals surface area contributed by atoms with E-state index in [4.69, 9.17) is 10.8 Å². The van der Waals surface area contributed by atoms with Crippen molar-refractivity contribution in [3.8, 4) is 0 Å². The maximum atomic E-state index is 10.9. The predicted octanol–water partition coefficient (Wildman–Crippen LogP) is 3.27. The van der Waals surface area contributed by atoms with Gasteiger partial charge in [0.1, 0.15) is 0 Å². The van der Waals surface area contributed by atoms with Gasteiger partial charge in [-0.15, -0.1) is 0 Å². The summed E-state index contributed by atoms with van der Waals surface area (Å²) in [6, 6.07) is 14.8. The highest BCUT2D eigenvalue weighted by atomic mass is 16.4. The van der Waals surface area contributed by atoms with Crippen molar-refractivity contribution >= 4 is 33.2 Å². The first-order valence-electron chi connectivity index (χ1n) is 5.60. The van der Waals surface area contributed by atoms with Gasteiger partial charge in [-0.05, 0) is 45.8 Å². The molecule has 3 rings (SSSR count). The summed E-state index contributed by atoms with van der Waals surface area (Å²) >= 11 is 0. The third-order valence-electron chi connectivity index (χ3n) is 3.11. The molecule has 0 saturated carbocycles. The van der Waals surface area contributed by atoms with E-state index < -0.39 is 5.97 Å². The van der Waals surface area contributed by atoms with E-state index >= 15 is 0 Å². The molecule has 3 heteroatoms. The van der Waals surface area contributed by atoms with Crippen molar-refractivity contribution in [3.05, 3.63) is 54.1 Å². The molecule has 0 bridgehead atoms. The average molecular weight is 237 g/mol. The van der Waals surface area contributed by atoms with Gasteiger partial charge in [0.25, 0.3) is 0 Å². The summed E-state index contributed by atoms with van der Waals surface area (Å²) in [6.45, 7) is 0. The first kappa shape index (κ1) is 10.6. The van der Waals surface area contributed by atoms with Crippen LogP contribution in [0.5, 0.6) is 0 Å². The normalized spacial score (nSPS) is 10.9. The minimum Gasteiger partial charge on any atom is -0.478 e. The number of rotatable bonds is 1. The molecule has 3 nitrogen and oxygen atoms in total. The molecule has 0 aliphatic heterocycles. The molecule has 3 aromatic rings. The van der Waals surface area contributed by atoms with E-state index in [9.17, 15) is 4.79 Å². The zero-order valence-corrected chi connectivity index (χ0v) is 9.55. The number of hydrogen-bond donors (Lipinski definition) is 2. The standard InChI is InChI=1S/C15H11NO2/c16-12-4-6-14-10(8-12)2-1-9-7-11(15(17)18)3-5-13(9)14/h1-8H,16H2,(H,17,18). The quantitative estimate of drug-likeness (QED) is 0.504.